The van der Waals surface area contributed by atoms with Crippen LogP contribution < -0.4 is 0 Å². The predicted octanol–water partition coefficient (Wildman–Crippen LogP) is 11.6. The van der Waals surface area contributed by atoms with Gasteiger partial charge >= 0.3 is 0 Å². The standard InChI is InChI=1S/C8H7NO.C7H8.C5H6O.2C4H5NO.2C4H5NS.C2H6/c1-6-4-7-2-3-9-5-8(7)10-6;1-7-5-3-2-4-6-7;1-5-3-2-4-6-5;1-4-2-5-3-6-4;1-4-5-2-3-6-4;1-4-2-5-3-6-4;1-4-5-2-3-6-4;1-2/h2-5H,1H3;2-6H,1H3;2-4H,1H3;4*2-3H,1H3;1-2H3. The molecule has 260 valence electrons. The van der Waals surface area contributed by atoms with Crippen molar-refractivity contribution in [3.63, 3.8) is 0 Å². The number of rotatable bonds is 0. The first-order chi connectivity index (χ1) is 23.7. The number of furan rings is 2. The van der Waals surface area contributed by atoms with Crippen LogP contribution in [0.2, 0.25) is 0 Å². The topological polar surface area (TPSA) is 117 Å². The van der Waals surface area contributed by atoms with E-state index in [1.807, 2.05) is 108 Å². The molecular formula is C38H47N5O4S2. The average Bonchev–Trinajstić information content (AvgIpc) is 3.95. The van der Waals surface area contributed by atoms with Crippen LogP contribution in [0.1, 0.15) is 52.5 Å². The molecule has 0 bridgehead atoms. The van der Waals surface area contributed by atoms with Gasteiger partial charge in [0.05, 0.1) is 35.4 Å². The summed E-state index contributed by atoms with van der Waals surface area (Å²) >= 11 is 3.33. The van der Waals surface area contributed by atoms with Crippen LogP contribution in [0.15, 0.2) is 139 Å². The Balaban J connectivity index is 0.000000286. The first-order valence-corrected chi connectivity index (χ1v) is 17.2. The molecule has 0 aliphatic heterocycles. The van der Waals surface area contributed by atoms with E-state index in [1.54, 1.807) is 73.1 Å². The van der Waals surface area contributed by atoms with Crippen LogP contribution >= 0.6 is 22.7 Å². The summed E-state index contributed by atoms with van der Waals surface area (Å²) in [5.74, 6) is 3.48. The molecule has 8 rings (SSSR count). The Hall–Kier alpha value is -5.13. The molecule has 49 heavy (non-hydrogen) atoms. The van der Waals surface area contributed by atoms with Gasteiger partial charge in [0.1, 0.15) is 23.5 Å². The van der Waals surface area contributed by atoms with Crippen LogP contribution in [0, 0.1) is 48.5 Å². The highest BCUT2D eigenvalue weighted by Gasteiger charge is 1.96. The minimum atomic E-state index is 0.718. The lowest BCUT2D eigenvalue weighted by Crippen LogP contribution is -1.65. The van der Waals surface area contributed by atoms with E-state index < -0.39 is 0 Å². The summed E-state index contributed by atoms with van der Waals surface area (Å²) in [5.41, 5.74) is 4.01. The second-order valence-corrected chi connectivity index (χ2v) is 11.7. The van der Waals surface area contributed by atoms with Crippen LogP contribution in [0.25, 0.3) is 11.0 Å². The van der Waals surface area contributed by atoms with Crippen molar-refractivity contribution in [2.75, 3.05) is 0 Å². The fourth-order valence-corrected chi connectivity index (χ4v) is 3.91. The number of hydrogen-bond acceptors (Lipinski definition) is 11. The number of oxazole rings is 2. The largest absolute Gasteiger partial charge is 0.470 e. The van der Waals surface area contributed by atoms with Crippen molar-refractivity contribution in [3.8, 4) is 0 Å². The van der Waals surface area contributed by atoms with E-state index in [2.05, 4.69) is 44.0 Å². The van der Waals surface area contributed by atoms with Gasteiger partial charge in [0.2, 0.25) is 0 Å². The lowest BCUT2D eigenvalue weighted by molar-refractivity contribution is 0.521. The third-order valence-electron chi connectivity index (χ3n) is 5.27. The molecule has 0 N–H and O–H groups in total. The molecular weight excluding hydrogens is 655 g/mol. The van der Waals surface area contributed by atoms with Crippen molar-refractivity contribution < 1.29 is 17.7 Å². The Bertz CT molecular complexity index is 1560. The van der Waals surface area contributed by atoms with Gasteiger partial charge in [-0.1, -0.05) is 49.7 Å². The molecule has 7 aromatic heterocycles. The van der Waals surface area contributed by atoms with E-state index >= 15 is 0 Å². The number of aromatic nitrogens is 5. The maximum absolute atomic E-state index is 5.31. The highest BCUT2D eigenvalue weighted by Crippen LogP contribution is 2.16. The first kappa shape index (κ1) is 41.9. The van der Waals surface area contributed by atoms with Gasteiger partial charge in [0, 0.05) is 41.2 Å². The van der Waals surface area contributed by atoms with Crippen molar-refractivity contribution >= 4 is 33.6 Å². The van der Waals surface area contributed by atoms with Gasteiger partial charge in [0.25, 0.3) is 0 Å². The first-order valence-electron chi connectivity index (χ1n) is 15.5. The van der Waals surface area contributed by atoms with Gasteiger partial charge in [-0.25, -0.2) is 9.97 Å². The lowest BCUT2D eigenvalue weighted by Gasteiger charge is -1.82. The number of hydrogen-bond donors (Lipinski definition) is 0. The second-order valence-electron chi connectivity index (χ2n) is 9.48. The van der Waals surface area contributed by atoms with E-state index in [0.717, 1.165) is 39.1 Å². The Morgan fingerprint density at radius 2 is 1.37 bits per heavy atom. The normalized spacial score (nSPS) is 8.92. The molecule has 0 aliphatic carbocycles. The van der Waals surface area contributed by atoms with E-state index in [1.165, 1.54) is 16.8 Å². The van der Waals surface area contributed by atoms with Gasteiger partial charge in [-0.2, -0.15) is 0 Å². The fraction of sp³-hybridized carbons (Fsp3) is 0.237. The molecule has 0 fully saturated rings. The lowest BCUT2D eigenvalue weighted by atomic mass is 10.2. The molecule has 0 unspecified atom stereocenters. The van der Waals surface area contributed by atoms with Crippen LogP contribution in [0.5, 0.6) is 0 Å². The summed E-state index contributed by atoms with van der Waals surface area (Å²) < 4.78 is 19.6. The van der Waals surface area contributed by atoms with Crippen LogP contribution in [-0.2, 0) is 0 Å². The van der Waals surface area contributed by atoms with Gasteiger partial charge in [0.15, 0.2) is 17.9 Å². The van der Waals surface area contributed by atoms with Crippen LogP contribution in [0.4, 0.5) is 0 Å². The number of pyridine rings is 1. The van der Waals surface area contributed by atoms with Gasteiger partial charge in [-0.05, 0) is 65.8 Å². The summed E-state index contributed by atoms with van der Waals surface area (Å²) in [6.07, 6.45) is 15.1. The molecule has 0 aliphatic rings. The number of fused-ring (bicyclic) bond motifs is 1. The molecule has 11 heteroatoms. The zero-order valence-electron chi connectivity index (χ0n) is 29.7. The summed E-state index contributed by atoms with van der Waals surface area (Å²) in [6.45, 7) is 17.6. The van der Waals surface area contributed by atoms with Crippen molar-refractivity contribution in [1.29, 1.82) is 0 Å². The molecule has 9 nitrogen and oxygen atoms in total. The van der Waals surface area contributed by atoms with Gasteiger partial charge in [-0.3, -0.25) is 15.0 Å². The van der Waals surface area contributed by atoms with Crippen LogP contribution in [0.3, 0.4) is 0 Å². The third-order valence-corrected chi connectivity index (χ3v) is 6.68. The SMILES string of the molecule is CC.Cc1cc2ccncc2o1.Cc1ccccc1.Cc1ccco1.Cc1cnco1.Cc1cncs1.Cc1ncco1.Cc1nccs1. The monoisotopic (exact) mass is 701 g/mol. The fourth-order valence-electron chi connectivity index (χ4n) is 3.06. The molecule has 0 saturated carbocycles. The minimum absolute atomic E-state index is 0.718. The molecule has 0 atom stereocenters. The van der Waals surface area contributed by atoms with Gasteiger partial charge < -0.3 is 17.7 Å². The molecule has 0 spiro atoms. The summed E-state index contributed by atoms with van der Waals surface area (Å²) in [4.78, 5) is 20.4. The van der Waals surface area contributed by atoms with E-state index in [9.17, 15) is 0 Å². The highest BCUT2D eigenvalue weighted by molar-refractivity contribution is 7.09. The Morgan fingerprint density at radius 1 is 0.592 bits per heavy atom. The van der Waals surface area contributed by atoms with Crippen molar-refractivity contribution in [1.82, 2.24) is 24.9 Å². The number of thiazole rings is 2. The predicted molar refractivity (Wildman–Crippen MR) is 201 cm³/mol. The minimum Gasteiger partial charge on any atom is -0.470 e. The molecule has 0 saturated heterocycles. The Labute approximate surface area is 297 Å². The maximum Gasteiger partial charge on any atom is 0.190 e. The average molecular weight is 702 g/mol. The number of aryl methyl sites for hydroxylation is 7. The summed E-state index contributed by atoms with van der Waals surface area (Å²) in [7, 11) is 0. The van der Waals surface area contributed by atoms with Gasteiger partial charge in [-0.15, -0.1) is 22.7 Å². The molecule has 8 aromatic rings. The molecule has 0 radical (unpaired) electrons. The second kappa shape index (κ2) is 26.9. The van der Waals surface area contributed by atoms with E-state index in [4.69, 9.17) is 17.7 Å². The smallest absolute Gasteiger partial charge is 0.190 e. The Morgan fingerprint density at radius 3 is 1.67 bits per heavy atom. The van der Waals surface area contributed by atoms with Crippen molar-refractivity contribution in [2.24, 2.45) is 0 Å². The molecule has 7 heterocycles. The van der Waals surface area contributed by atoms with Crippen molar-refractivity contribution in [2.45, 2.75) is 62.3 Å². The summed E-state index contributed by atoms with van der Waals surface area (Å²) in [5, 5.41) is 4.22. The zero-order chi connectivity index (χ0) is 36.1. The number of benzene rings is 1. The van der Waals surface area contributed by atoms with E-state index in [0.29, 0.717) is 0 Å². The van der Waals surface area contributed by atoms with Crippen molar-refractivity contribution in [3.05, 3.63) is 160 Å². The molecule has 1 aromatic carbocycles. The third kappa shape index (κ3) is 22.1. The maximum atomic E-state index is 5.31. The zero-order valence-corrected chi connectivity index (χ0v) is 31.4. The quantitative estimate of drug-likeness (QED) is 0.152. The Kier molecular flexibility index (Phi) is 23.0. The van der Waals surface area contributed by atoms with Crippen LogP contribution in [-0.4, -0.2) is 24.9 Å². The molecule has 0 amide bonds. The number of nitrogens with zero attached hydrogens (tertiary/aromatic N) is 5. The summed E-state index contributed by atoms with van der Waals surface area (Å²) in [6, 6.07) is 18.0. The van der Waals surface area contributed by atoms with E-state index in [-0.39, 0.29) is 0 Å². The highest BCUT2D eigenvalue weighted by atomic mass is 32.1.